The molecule has 0 radical (unpaired) electrons. The highest BCUT2D eigenvalue weighted by Crippen LogP contribution is 2.29. The Balaban J connectivity index is 0.00000147. The van der Waals surface area contributed by atoms with Crippen molar-refractivity contribution in [2.75, 3.05) is 0 Å². The molecule has 1 atom stereocenters. The summed E-state index contributed by atoms with van der Waals surface area (Å²) >= 11 is 0. The van der Waals surface area contributed by atoms with Crippen LogP contribution in [0.25, 0.3) is 11.1 Å². The minimum atomic E-state index is -0.325. The Labute approximate surface area is 124 Å². The smallest absolute Gasteiger partial charge is 0.153 e. The van der Waals surface area contributed by atoms with Gasteiger partial charge < -0.3 is 5.73 Å². The van der Waals surface area contributed by atoms with Crippen LogP contribution >= 0.6 is 12.4 Å². The van der Waals surface area contributed by atoms with E-state index in [0.717, 1.165) is 24.0 Å². The van der Waals surface area contributed by atoms with Crippen molar-refractivity contribution >= 4 is 18.2 Å². The zero-order chi connectivity index (χ0) is 13.2. The second kappa shape index (κ2) is 6.16. The average Bonchev–Trinajstić information content (AvgIpc) is 2.59. The van der Waals surface area contributed by atoms with Gasteiger partial charge in [-0.05, 0) is 35.6 Å². The summed E-state index contributed by atoms with van der Waals surface area (Å²) in [6.45, 7) is 0. The molecule has 1 aromatic carbocycles. The fourth-order valence-corrected chi connectivity index (χ4v) is 2.67. The summed E-state index contributed by atoms with van der Waals surface area (Å²) in [5.41, 5.74) is 10.5. The maximum Gasteiger partial charge on any atom is 0.153 e. The van der Waals surface area contributed by atoms with Crippen molar-refractivity contribution in [2.45, 2.75) is 25.3 Å². The molecule has 2 N–H and O–H groups in total. The number of nitrogens with zero attached hydrogens (tertiary/aromatic N) is 1. The van der Waals surface area contributed by atoms with Crippen LogP contribution in [0.5, 0.6) is 0 Å². The number of carbonyl (C=O) groups is 1. The molecular formula is C16H17ClN2O. The van der Waals surface area contributed by atoms with Gasteiger partial charge in [-0.3, -0.25) is 9.78 Å². The topological polar surface area (TPSA) is 56.0 Å². The van der Waals surface area contributed by atoms with E-state index < -0.39 is 0 Å². The molecule has 3 rings (SSSR count). The minimum absolute atomic E-state index is 0. The van der Waals surface area contributed by atoms with Crippen molar-refractivity contribution < 1.29 is 4.79 Å². The van der Waals surface area contributed by atoms with Crippen molar-refractivity contribution in [1.82, 2.24) is 4.98 Å². The molecule has 1 unspecified atom stereocenters. The SMILES string of the molecule is Cl.NC1CCc2c(cccc2-c2cccnc2)CC1=O. The Morgan fingerprint density at radius 2 is 2.05 bits per heavy atom. The van der Waals surface area contributed by atoms with Gasteiger partial charge in [0.2, 0.25) is 0 Å². The maximum atomic E-state index is 11.9. The zero-order valence-corrected chi connectivity index (χ0v) is 11.9. The van der Waals surface area contributed by atoms with Crippen LogP contribution in [0.15, 0.2) is 42.7 Å². The summed E-state index contributed by atoms with van der Waals surface area (Å²) in [6, 6.07) is 9.79. The molecule has 0 fully saturated rings. The molecule has 104 valence electrons. The van der Waals surface area contributed by atoms with Gasteiger partial charge >= 0.3 is 0 Å². The van der Waals surface area contributed by atoms with E-state index in [9.17, 15) is 4.79 Å². The first-order valence-corrected chi connectivity index (χ1v) is 6.55. The van der Waals surface area contributed by atoms with Crippen LogP contribution in [-0.2, 0) is 17.6 Å². The summed E-state index contributed by atoms with van der Waals surface area (Å²) in [6.07, 6.45) is 5.66. The molecule has 0 amide bonds. The third-order valence-electron chi connectivity index (χ3n) is 3.73. The number of nitrogens with two attached hydrogens (primary N) is 1. The van der Waals surface area contributed by atoms with E-state index in [-0.39, 0.29) is 24.2 Å². The molecule has 20 heavy (non-hydrogen) atoms. The lowest BCUT2D eigenvalue weighted by Crippen LogP contribution is -2.30. The van der Waals surface area contributed by atoms with Crippen molar-refractivity contribution in [3.05, 3.63) is 53.9 Å². The van der Waals surface area contributed by atoms with Gasteiger partial charge in [-0.2, -0.15) is 0 Å². The number of carbonyl (C=O) groups excluding carboxylic acids is 1. The summed E-state index contributed by atoms with van der Waals surface area (Å²) in [7, 11) is 0. The van der Waals surface area contributed by atoms with E-state index in [1.807, 2.05) is 24.4 Å². The number of hydrogen-bond acceptors (Lipinski definition) is 3. The number of ketones is 1. The van der Waals surface area contributed by atoms with Gasteiger partial charge in [-0.1, -0.05) is 24.3 Å². The quantitative estimate of drug-likeness (QED) is 0.821. The van der Waals surface area contributed by atoms with Crippen LogP contribution in [0.3, 0.4) is 0 Å². The highest BCUT2D eigenvalue weighted by atomic mass is 35.5. The predicted octanol–water partition coefficient (Wildman–Crippen LogP) is 2.56. The van der Waals surface area contributed by atoms with Crippen molar-refractivity contribution in [2.24, 2.45) is 5.73 Å². The summed E-state index contributed by atoms with van der Waals surface area (Å²) in [5, 5.41) is 0. The first kappa shape index (κ1) is 14.7. The van der Waals surface area contributed by atoms with Crippen LogP contribution in [-0.4, -0.2) is 16.8 Å². The van der Waals surface area contributed by atoms with Gasteiger partial charge in [0.05, 0.1) is 6.04 Å². The molecule has 4 heteroatoms. The van der Waals surface area contributed by atoms with E-state index in [2.05, 4.69) is 17.1 Å². The monoisotopic (exact) mass is 288 g/mol. The van der Waals surface area contributed by atoms with Gasteiger partial charge in [0.1, 0.15) is 0 Å². The lowest BCUT2D eigenvalue weighted by molar-refractivity contribution is -0.119. The lowest BCUT2D eigenvalue weighted by atomic mass is 9.93. The summed E-state index contributed by atoms with van der Waals surface area (Å²) < 4.78 is 0. The Kier molecular flexibility index (Phi) is 4.53. The molecular weight excluding hydrogens is 272 g/mol. The molecule has 0 spiro atoms. The van der Waals surface area contributed by atoms with Crippen molar-refractivity contribution in [3.8, 4) is 11.1 Å². The molecule has 1 heterocycles. The number of halogens is 1. The third-order valence-corrected chi connectivity index (χ3v) is 3.73. The maximum absolute atomic E-state index is 11.9. The highest BCUT2D eigenvalue weighted by Gasteiger charge is 2.22. The van der Waals surface area contributed by atoms with Crippen LogP contribution in [0, 0.1) is 0 Å². The number of pyridine rings is 1. The highest BCUT2D eigenvalue weighted by molar-refractivity contribution is 5.87. The van der Waals surface area contributed by atoms with Crippen molar-refractivity contribution in [3.63, 3.8) is 0 Å². The minimum Gasteiger partial charge on any atom is -0.321 e. The van der Waals surface area contributed by atoms with Gasteiger partial charge in [0, 0.05) is 24.4 Å². The Morgan fingerprint density at radius 3 is 2.80 bits per heavy atom. The third kappa shape index (κ3) is 2.74. The molecule has 1 aliphatic carbocycles. The van der Waals surface area contributed by atoms with Crippen LogP contribution < -0.4 is 5.73 Å². The van der Waals surface area contributed by atoms with Crippen LogP contribution in [0.4, 0.5) is 0 Å². The molecule has 1 aliphatic rings. The first-order valence-electron chi connectivity index (χ1n) is 6.55. The first-order chi connectivity index (χ1) is 9.25. The van der Waals surface area contributed by atoms with Crippen molar-refractivity contribution in [1.29, 1.82) is 0 Å². The fraction of sp³-hybridized carbons (Fsp3) is 0.250. The number of aromatic nitrogens is 1. The molecule has 0 aliphatic heterocycles. The van der Waals surface area contributed by atoms with E-state index in [1.165, 1.54) is 11.1 Å². The lowest BCUT2D eigenvalue weighted by Gasteiger charge is -2.11. The number of fused-ring (bicyclic) bond motifs is 1. The predicted molar refractivity (Wildman–Crippen MR) is 81.9 cm³/mol. The second-order valence-electron chi connectivity index (χ2n) is 4.97. The Morgan fingerprint density at radius 1 is 1.20 bits per heavy atom. The van der Waals surface area contributed by atoms with E-state index in [0.29, 0.717) is 6.42 Å². The largest absolute Gasteiger partial charge is 0.321 e. The number of Topliss-reactive ketones (excluding diaryl/α,β-unsaturated/α-hetero) is 1. The Hall–Kier alpha value is -1.71. The molecule has 0 saturated carbocycles. The summed E-state index contributed by atoms with van der Waals surface area (Å²) in [4.78, 5) is 16.1. The zero-order valence-electron chi connectivity index (χ0n) is 11.1. The van der Waals surface area contributed by atoms with E-state index >= 15 is 0 Å². The molecule has 1 aromatic heterocycles. The second-order valence-corrected chi connectivity index (χ2v) is 4.97. The Bertz CT molecular complexity index is 613. The standard InChI is InChI=1S/C16H16N2O.ClH/c17-15-7-6-14-11(9-16(15)19)3-1-5-13(14)12-4-2-8-18-10-12;/h1-5,8,10,15H,6-7,9,17H2;1H. The van der Waals surface area contributed by atoms with Crippen LogP contribution in [0.1, 0.15) is 17.5 Å². The molecule has 3 nitrogen and oxygen atoms in total. The van der Waals surface area contributed by atoms with Gasteiger partial charge in [-0.15, -0.1) is 12.4 Å². The van der Waals surface area contributed by atoms with Gasteiger partial charge in [0.15, 0.2) is 5.78 Å². The van der Waals surface area contributed by atoms with E-state index in [4.69, 9.17) is 5.73 Å². The van der Waals surface area contributed by atoms with Crippen LogP contribution in [0.2, 0.25) is 0 Å². The molecule has 2 aromatic rings. The summed E-state index contributed by atoms with van der Waals surface area (Å²) in [5.74, 6) is 0.141. The van der Waals surface area contributed by atoms with E-state index in [1.54, 1.807) is 6.20 Å². The molecule has 0 saturated heterocycles. The molecule has 0 bridgehead atoms. The number of rotatable bonds is 1. The number of benzene rings is 1. The number of hydrogen-bond donors (Lipinski definition) is 1. The average molecular weight is 289 g/mol. The van der Waals surface area contributed by atoms with Gasteiger partial charge in [-0.25, -0.2) is 0 Å². The van der Waals surface area contributed by atoms with Gasteiger partial charge in [0.25, 0.3) is 0 Å². The fourth-order valence-electron chi connectivity index (χ4n) is 2.67. The normalized spacial score (nSPS) is 17.9.